The first kappa shape index (κ1) is 18.2. The second-order valence-electron chi connectivity index (χ2n) is 7.15. The van der Waals surface area contributed by atoms with Gasteiger partial charge < -0.3 is 14.0 Å². The average molecular weight is 363 g/mol. The molecule has 0 saturated carbocycles. The predicted octanol–water partition coefficient (Wildman–Crippen LogP) is 4.36. The Morgan fingerprint density at radius 2 is 1.60 bits per heavy atom. The molecule has 1 aliphatic rings. The van der Waals surface area contributed by atoms with E-state index in [1.807, 2.05) is 52.0 Å². The zero-order valence-corrected chi connectivity index (χ0v) is 15.6. The van der Waals surface area contributed by atoms with Gasteiger partial charge in [0.05, 0.1) is 16.2 Å². The summed E-state index contributed by atoms with van der Waals surface area (Å²) >= 11 is 6.01. The van der Waals surface area contributed by atoms with Crippen molar-refractivity contribution in [3.05, 3.63) is 58.9 Å². The lowest BCUT2D eigenvalue weighted by atomic mass is 9.79. The zero-order valence-electron chi connectivity index (χ0n) is 14.8. The molecular weight excluding hydrogens is 341 g/mol. The average Bonchev–Trinajstić information content (AvgIpc) is 2.75. The maximum Gasteiger partial charge on any atom is 0.494 e. The van der Waals surface area contributed by atoms with Crippen LogP contribution in [0.5, 0.6) is 5.75 Å². The Kier molecular flexibility index (Phi) is 4.84. The maximum absolute atomic E-state index is 13.8. The Balaban J connectivity index is 1.67. The number of hydrogen-bond acceptors (Lipinski definition) is 3. The molecule has 1 aliphatic heterocycles. The van der Waals surface area contributed by atoms with E-state index in [1.165, 1.54) is 6.07 Å². The molecule has 3 nitrogen and oxygen atoms in total. The Morgan fingerprint density at radius 1 is 1.00 bits per heavy atom. The lowest BCUT2D eigenvalue weighted by Crippen LogP contribution is -2.41. The van der Waals surface area contributed by atoms with E-state index in [0.717, 1.165) is 5.46 Å². The summed E-state index contributed by atoms with van der Waals surface area (Å²) in [5.74, 6) is 0.251. The molecule has 1 saturated heterocycles. The minimum absolute atomic E-state index is 0.0708. The number of hydrogen-bond donors (Lipinski definition) is 0. The predicted molar refractivity (Wildman–Crippen MR) is 97.9 cm³/mol. The largest absolute Gasteiger partial charge is 0.494 e. The van der Waals surface area contributed by atoms with Crippen molar-refractivity contribution in [1.29, 1.82) is 0 Å². The summed E-state index contributed by atoms with van der Waals surface area (Å²) in [5.41, 5.74) is 0.497. The quantitative estimate of drug-likeness (QED) is 0.757. The summed E-state index contributed by atoms with van der Waals surface area (Å²) in [5, 5.41) is 0.355. The highest BCUT2D eigenvalue weighted by molar-refractivity contribution is 6.62. The van der Waals surface area contributed by atoms with Crippen LogP contribution in [0, 0.1) is 5.82 Å². The van der Waals surface area contributed by atoms with Crippen LogP contribution >= 0.6 is 11.6 Å². The van der Waals surface area contributed by atoms with E-state index >= 15 is 0 Å². The fraction of sp³-hybridized carbons (Fsp3) is 0.368. The molecule has 6 heteroatoms. The molecule has 0 N–H and O–H groups in total. The molecule has 0 aromatic heterocycles. The molecule has 2 aromatic carbocycles. The Labute approximate surface area is 153 Å². The van der Waals surface area contributed by atoms with Gasteiger partial charge in [0, 0.05) is 5.56 Å². The van der Waals surface area contributed by atoms with Crippen molar-refractivity contribution in [2.75, 3.05) is 0 Å². The van der Waals surface area contributed by atoms with E-state index in [1.54, 1.807) is 12.1 Å². The highest BCUT2D eigenvalue weighted by atomic mass is 35.5. The lowest BCUT2D eigenvalue weighted by Gasteiger charge is -2.32. The molecular formula is C19H21BClFO3. The van der Waals surface area contributed by atoms with E-state index in [9.17, 15) is 4.39 Å². The van der Waals surface area contributed by atoms with E-state index < -0.39 is 7.12 Å². The van der Waals surface area contributed by atoms with Crippen molar-refractivity contribution in [3.8, 4) is 5.75 Å². The summed E-state index contributed by atoms with van der Waals surface area (Å²) in [6, 6.07) is 12.0. The Morgan fingerprint density at radius 3 is 2.16 bits per heavy atom. The van der Waals surface area contributed by atoms with Gasteiger partial charge in [-0.2, -0.15) is 0 Å². The van der Waals surface area contributed by atoms with E-state index in [2.05, 4.69) is 0 Å². The fourth-order valence-corrected chi connectivity index (χ4v) is 2.74. The molecule has 0 spiro atoms. The van der Waals surface area contributed by atoms with Crippen molar-refractivity contribution < 1.29 is 18.4 Å². The minimum atomic E-state index is -0.417. The molecule has 3 rings (SSSR count). The molecule has 25 heavy (non-hydrogen) atoms. The van der Waals surface area contributed by atoms with Gasteiger partial charge in [0.2, 0.25) is 0 Å². The first-order valence-corrected chi connectivity index (χ1v) is 8.59. The third kappa shape index (κ3) is 3.69. The highest BCUT2D eigenvalue weighted by Gasteiger charge is 2.51. The van der Waals surface area contributed by atoms with Gasteiger partial charge in [-0.25, -0.2) is 4.39 Å². The van der Waals surface area contributed by atoms with Crippen LogP contribution in [0.4, 0.5) is 4.39 Å². The van der Waals surface area contributed by atoms with Crippen molar-refractivity contribution in [2.24, 2.45) is 0 Å². The lowest BCUT2D eigenvalue weighted by molar-refractivity contribution is 0.00578. The normalized spacial score (nSPS) is 18.4. The van der Waals surface area contributed by atoms with Crippen LogP contribution in [0.3, 0.4) is 0 Å². The van der Waals surface area contributed by atoms with Gasteiger partial charge in [0.1, 0.15) is 18.2 Å². The van der Waals surface area contributed by atoms with E-state index in [0.29, 0.717) is 16.3 Å². The van der Waals surface area contributed by atoms with Crippen molar-refractivity contribution in [3.63, 3.8) is 0 Å². The third-order valence-corrected chi connectivity index (χ3v) is 5.20. The molecule has 2 aromatic rings. The third-order valence-electron chi connectivity index (χ3n) is 4.85. The van der Waals surface area contributed by atoms with Crippen molar-refractivity contribution in [2.45, 2.75) is 45.5 Å². The van der Waals surface area contributed by atoms with Gasteiger partial charge in [-0.1, -0.05) is 29.8 Å². The summed E-state index contributed by atoms with van der Waals surface area (Å²) in [6.07, 6.45) is 0. The number of benzene rings is 2. The van der Waals surface area contributed by atoms with E-state index in [-0.39, 0.29) is 23.6 Å². The maximum atomic E-state index is 13.8. The van der Waals surface area contributed by atoms with Gasteiger partial charge >= 0.3 is 7.12 Å². The first-order valence-electron chi connectivity index (χ1n) is 8.21. The highest BCUT2D eigenvalue weighted by Crippen LogP contribution is 2.36. The smallest absolute Gasteiger partial charge is 0.489 e. The van der Waals surface area contributed by atoms with Crippen LogP contribution in [0.2, 0.25) is 5.02 Å². The van der Waals surface area contributed by atoms with Crippen LogP contribution in [0.15, 0.2) is 42.5 Å². The second-order valence-corrected chi connectivity index (χ2v) is 7.55. The Bertz CT molecular complexity index is 726. The van der Waals surface area contributed by atoms with Crippen LogP contribution in [0.25, 0.3) is 0 Å². The minimum Gasteiger partial charge on any atom is -0.489 e. The van der Waals surface area contributed by atoms with Crippen molar-refractivity contribution >= 4 is 24.2 Å². The second kappa shape index (κ2) is 6.63. The molecule has 1 fully saturated rings. The molecule has 0 aliphatic carbocycles. The van der Waals surface area contributed by atoms with Crippen LogP contribution in [0.1, 0.15) is 33.3 Å². The van der Waals surface area contributed by atoms with Gasteiger partial charge in [-0.3, -0.25) is 0 Å². The molecule has 0 unspecified atom stereocenters. The number of halogens is 2. The van der Waals surface area contributed by atoms with Crippen LogP contribution < -0.4 is 10.2 Å². The van der Waals surface area contributed by atoms with E-state index in [4.69, 9.17) is 25.6 Å². The van der Waals surface area contributed by atoms with Crippen molar-refractivity contribution in [1.82, 2.24) is 0 Å². The zero-order chi connectivity index (χ0) is 18.2. The Hall–Kier alpha value is -1.56. The first-order chi connectivity index (χ1) is 11.7. The standard InChI is InChI=1S/C19H21BClFO3/c1-18(2)19(3,4)25-20(24-18)13-8-10-14(11-9-13)23-12-15-16(21)6-5-7-17(15)22/h5-11H,12H2,1-4H3. The van der Waals surface area contributed by atoms with Gasteiger partial charge in [0.25, 0.3) is 0 Å². The monoisotopic (exact) mass is 362 g/mol. The van der Waals surface area contributed by atoms with Crippen LogP contribution in [-0.4, -0.2) is 18.3 Å². The van der Waals surface area contributed by atoms with Gasteiger partial charge in [0.15, 0.2) is 0 Å². The molecule has 132 valence electrons. The number of rotatable bonds is 4. The molecule has 0 bridgehead atoms. The molecule has 0 radical (unpaired) electrons. The van der Waals surface area contributed by atoms with Gasteiger partial charge in [-0.05, 0) is 57.4 Å². The topological polar surface area (TPSA) is 27.7 Å². The summed E-state index contributed by atoms with van der Waals surface area (Å²) in [7, 11) is -0.417. The summed E-state index contributed by atoms with van der Waals surface area (Å²) < 4.78 is 31.5. The molecule has 0 amide bonds. The number of ether oxygens (including phenoxy) is 1. The molecule has 0 atom stereocenters. The summed E-state index contributed by atoms with van der Waals surface area (Å²) in [6.45, 7) is 8.14. The van der Waals surface area contributed by atoms with Crippen LogP contribution in [-0.2, 0) is 15.9 Å². The fourth-order valence-electron chi connectivity index (χ4n) is 2.53. The SMILES string of the molecule is CC1(C)OB(c2ccc(OCc3c(F)cccc3Cl)cc2)OC1(C)C. The molecule has 1 heterocycles. The summed E-state index contributed by atoms with van der Waals surface area (Å²) in [4.78, 5) is 0. The van der Waals surface area contributed by atoms with Gasteiger partial charge in [-0.15, -0.1) is 0 Å².